The molecule has 30 heavy (non-hydrogen) atoms. The van der Waals surface area contributed by atoms with Crippen molar-refractivity contribution in [3.05, 3.63) is 59.0 Å². The fourth-order valence-electron chi connectivity index (χ4n) is 3.92. The van der Waals surface area contributed by atoms with Gasteiger partial charge in [0.25, 0.3) is 5.56 Å². The van der Waals surface area contributed by atoms with Gasteiger partial charge in [-0.3, -0.25) is 9.59 Å². The molecule has 0 unspecified atom stereocenters. The summed E-state index contributed by atoms with van der Waals surface area (Å²) in [4.78, 5) is 25.4. The van der Waals surface area contributed by atoms with Gasteiger partial charge in [-0.05, 0) is 43.4 Å². The van der Waals surface area contributed by atoms with E-state index in [0.29, 0.717) is 25.8 Å². The molecule has 1 aromatic heterocycles. The third-order valence-corrected chi connectivity index (χ3v) is 7.09. The lowest BCUT2D eigenvalue weighted by molar-refractivity contribution is -0.158. The number of aryl methyl sites for hydroxylation is 1. The van der Waals surface area contributed by atoms with Gasteiger partial charge in [-0.2, -0.15) is 0 Å². The van der Waals surface area contributed by atoms with Crippen molar-refractivity contribution in [2.75, 3.05) is 26.0 Å². The van der Waals surface area contributed by atoms with Crippen molar-refractivity contribution in [1.29, 1.82) is 0 Å². The van der Waals surface area contributed by atoms with Crippen LogP contribution in [0.4, 0.5) is 0 Å². The minimum atomic E-state index is -3.29. The van der Waals surface area contributed by atoms with Crippen molar-refractivity contribution in [2.24, 2.45) is 5.41 Å². The molecular weight excluding hydrogens is 404 g/mol. The molecule has 0 bridgehead atoms. The number of pyridine rings is 1. The normalized spacial score (nSPS) is 16.9. The zero-order chi connectivity index (χ0) is 21.8. The second-order valence-electron chi connectivity index (χ2n) is 7.73. The highest BCUT2D eigenvalue weighted by atomic mass is 32.2. The molecular formula is C22H28N2O5S. The molecule has 1 aromatic carbocycles. The van der Waals surface area contributed by atoms with E-state index in [-0.39, 0.29) is 31.2 Å². The molecule has 1 fully saturated rings. The number of benzene rings is 1. The quantitative estimate of drug-likeness (QED) is 0.628. The van der Waals surface area contributed by atoms with E-state index in [1.54, 1.807) is 23.8 Å². The van der Waals surface area contributed by atoms with Crippen LogP contribution in [0.1, 0.15) is 26.2 Å². The Hall–Kier alpha value is -2.45. The van der Waals surface area contributed by atoms with Gasteiger partial charge in [-0.15, -0.1) is 0 Å². The second kappa shape index (κ2) is 9.14. The number of carbonyl (C=O) groups is 1. The minimum absolute atomic E-state index is 0.135. The van der Waals surface area contributed by atoms with Gasteiger partial charge in [-0.25, -0.2) is 12.7 Å². The highest BCUT2D eigenvalue weighted by molar-refractivity contribution is 7.88. The van der Waals surface area contributed by atoms with Crippen molar-refractivity contribution in [1.82, 2.24) is 8.87 Å². The summed E-state index contributed by atoms with van der Waals surface area (Å²) >= 11 is 0. The first-order chi connectivity index (χ1) is 14.2. The lowest BCUT2D eigenvalue weighted by atomic mass is 9.76. The SMILES string of the molecule is CCOC(=O)C1(CCn2ccc(-c3ccccc3)cc2=O)CCN(S(C)(=O)=O)CC1. The standard InChI is InChI=1S/C22H28N2O5S/c1-3-29-21(26)22(11-15-24(16-12-22)30(2,27)28)10-14-23-13-9-19(17-20(23)25)18-7-5-4-6-8-18/h4-9,13,17H,3,10-12,14-16H2,1-2H3. The van der Waals surface area contributed by atoms with E-state index in [9.17, 15) is 18.0 Å². The van der Waals surface area contributed by atoms with E-state index in [2.05, 4.69) is 0 Å². The Morgan fingerprint density at radius 2 is 1.77 bits per heavy atom. The fourth-order valence-corrected chi connectivity index (χ4v) is 4.77. The van der Waals surface area contributed by atoms with E-state index in [0.717, 1.165) is 11.1 Å². The lowest BCUT2D eigenvalue weighted by Gasteiger charge is -2.39. The number of carbonyl (C=O) groups excluding carboxylic acids is 1. The summed E-state index contributed by atoms with van der Waals surface area (Å²) in [5.41, 5.74) is 0.898. The number of rotatable bonds is 7. The van der Waals surface area contributed by atoms with Gasteiger partial charge >= 0.3 is 5.97 Å². The average molecular weight is 433 g/mol. The molecule has 0 atom stereocenters. The second-order valence-corrected chi connectivity index (χ2v) is 9.71. The molecule has 0 spiro atoms. The van der Waals surface area contributed by atoms with Crippen LogP contribution in [0, 0.1) is 5.41 Å². The van der Waals surface area contributed by atoms with E-state index < -0.39 is 15.4 Å². The molecule has 1 aliphatic rings. The summed E-state index contributed by atoms with van der Waals surface area (Å²) in [5, 5.41) is 0. The maximum absolute atomic E-state index is 12.7. The summed E-state index contributed by atoms with van der Waals surface area (Å²) in [5.74, 6) is -0.313. The number of nitrogens with zero attached hydrogens (tertiary/aromatic N) is 2. The van der Waals surface area contributed by atoms with Crippen LogP contribution >= 0.6 is 0 Å². The number of piperidine rings is 1. The fraction of sp³-hybridized carbons (Fsp3) is 0.455. The van der Waals surface area contributed by atoms with Crippen molar-refractivity contribution in [2.45, 2.75) is 32.7 Å². The molecule has 0 amide bonds. The van der Waals surface area contributed by atoms with Gasteiger partial charge in [-0.1, -0.05) is 30.3 Å². The van der Waals surface area contributed by atoms with Crippen molar-refractivity contribution < 1.29 is 17.9 Å². The first-order valence-electron chi connectivity index (χ1n) is 10.1. The number of hydrogen-bond donors (Lipinski definition) is 0. The first-order valence-corrected chi connectivity index (χ1v) is 12.0. The molecule has 7 nitrogen and oxygen atoms in total. The molecule has 2 aromatic rings. The molecule has 0 aliphatic carbocycles. The van der Waals surface area contributed by atoms with Crippen LogP contribution in [0.3, 0.4) is 0 Å². The molecule has 162 valence electrons. The number of hydrogen-bond acceptors (Lipinski definition) is 5. The number of aromatic nitrogens is 1. The van der Waals surface area contributed by atoms with Gasteiger partial charge in [0.05, 0.1) is 18.3 Å². The predicted molar refractivity (Wildman–Crippen MR) is 115 cm³/mol. The lowest BCUT2D eigenvalue weighted by Crippen LogP contribution is -2.47. The largest absolute Gasteiger partial charge is 0.466 e. The van der Waals surface area contributed by atoms with Gasteiger partial charge in [0.15, 0.2) is 0 Å². The number of sulfonamides is 1. The Kier molecular flexibility index (Phi) is 6.77. The zero-order valence-corrected chi connectivity index (χ0v) is 18.2. The van der Waals surface area contributed by atoms with Gasteiger partial charge in [0.2, 0.25) is 10.0 Å². The Balaban J connectivity index is 1.76. The van der Waals surface area contributed by atoms with Crippen molar-refractivity contribution in [3.63, 3.8) is 0 Å². The first kappa shape index (κ1) is 22.2. The molecule has 2 heterocycles. The number of ether oxygens (including phenoxy) is 1. The summed E-state index contributed by atoms with van der Waals surface area (Å²) < 4.78 is 32.0. The highest BCUT2D eigenvalue weighted by Gasteiger charge is 2.43. The van der Waals surface area contributed by atoms with E-state index in [4.69, 9.17) is 4.74 Å². The molecule has 0 N–H and O–H groups in total. The maximum Gasteiger partial charge on any atom is 0.312 e. The monoisotopic (exact) mass is 432 g/mol. The van der Waals surface area contributed by atoms with Crippen LogP contribution < -0.4 is 5.56 Å². The third-order valence-electron chi connectivity index (χ3n) is 5.79. The van der Waals surface area contributed by atoms with Gasteiger partial charge < -0.3 is 9.30 Å². The smallest absolute Gasteiger partial charge is 0.312 e. The van der Waals surface area contributed by atoms with Crippen LogP contribution in [0.25, 0.3) is 11.1 Å². The highest BCUT2D eigenvalue weighted by Crippen LogP contribution is 2.37. The maximum atomic E-state index is 12.7. The van der Waals surface area contributed by atoms with E-state index >= 15 is 0 Å². The molecule has 8 heteroatoms. The Morgan fingerprint density at radius 3 is 2.33 bits per heavy atom. The molecule has 0 radical (unpaired) electrons. The predicted octanol–water partition coefficient (Wildman–Crippen LogP) is 2.51. The van der Waals surface area contributed by atoms with Crippen LogP contribution in [0.2, 0.25) is 0 Å². The van der Waals surface area contributed by atoms with Gasteiger partial charge in [0, 0.05) is 31.9 Å². The van der Waals surface area contributed by atoms with Gasteiger partial charge in [0.1, 0.15) is 0 Å². The van der Waals surface area contributed by atoms with Crippen molar-refractivity contribution in [3.8, 4) is 11.1 Å². The third kappa shape index (κ3) is 4.99. The van der Waals surface area contributed by atoms with Crippen LogP contribution in [0.5, 0.6) is 0 Å². The summed E-state index contributed by atoms with van der Waals surface area (Å²) in [6, 6.07) is 13.2. The summed E-state index contributed by atoms with van der Waals surface area (Å²) in [6.07, 6.45) is 4.12. The molecule has 3 rings (SSSR count). The topological polar surface area (TPSA) is 85.7 Å². The molecule has 0 saturated carbocycles. The molecule has 1 aliphatic heterocycles. The summed E-state index contributed by atoms with van der Waals surface area (Å²) in [6.45, 7) is 2.94. The Labute approximate surface area is 177 Å². The van der Waals surface area contributed by atoms with E-state index in [1.807, 2.05) is 36.4 Å². The van der Waals surface area contributed by atoms with Crippen LogP contribution in [-0.4, -0.2) is 49.2 Å². The Bertz CT molecular complexity index is 1040. The zero-order valence-electron chi connectivity index (χ0n) is 17.4. The number of esters is 1. The van der Waals surface area contributed by atoms with Crippen molar-refractivity contribution >= 4 is 16.0 Å². The average Bonchev–Trinajstić information content (AvgIpc) is 2.73. The minimum Gasteiger partial charge on any atom is -0.466 e. The van der Waals surface area contributed by atoms with E-state index in [1.165, 1.54) is 10.6 Å². The molecule has 1 saturated heterocycles. The summed E-state index contributed by atoms with van der Waals surface area (Å²) in [7, 11) is -3.29. The van der Waals surface area contributed by atoms with Crippen LogP contribution in [0.15, 0.2) is 53.5 Å². The Morgan fingerprint density at radius 1 is 1.10 bits per heavy atom. The van der Waals surface area contributed by atoms with Crippen LogP contribution in [-0.2, 0) is 26.1 Å².